The van der Waals surface area contributed by atoms with Gasteiger partial charge >= 0.3 is 0 Å². The summed E-state index contributed by atoms with van der Waals surface area (Å²) in [7, 11) is 0. The van der Waals surface area contributed by atoms with Crippen LogP contribution in [-0.4, -0.2) is 20.9 Å². The lowest BCUT2D eigenvalue weighted by molar-refractivity contribution is 0.0946. The summed E-state index contributed by atoms with van der Waals surface area (Å²) in [6.07, 6.45) is 2.51. The summed E-state index contributed by atoms with van der Waals surface area (Å²) in [4.78, 5) is 24.5. The maximum atomic E-state index is 12.0. The molecule has 2 aromatic heterocycles. The van der Waals surface area contributed by atoms with Gasteiger partial charge < -0.3 is 11.1 Å². The normalized spacial score (nSPS) is 10.9. The van der Waals surface area contributed by atoms with Crippen LogP contribution < -0.4 is 11.1 Å². The van der Waals surface area contributed by atoms with Gasteiger partial charge in [0.25, 0.3) is 5.91 Å². The van der Waals surface area contributed by atoms with Gasteiger partial charge in [-0.15, -0.1) is 11.3 Å². The van der Waals surface area contributed by atoms with Crippen LogP contribution in [0.25, 0.3) is 0 Å². The minimum atomic E-state index is -0.207. The van der Waals surface area contributed by atoms with Gasteiger partial charge in [0.05, 0.1) is 5.01 Å². The number of thiazole rings is 1. The number of hydrogen-bond donors (Lipinski definition) is 2. The van der Waals surface area contributed by atoms with Crippen molar-refractivity contribution in [2.24, 2.45) is 5.92 Å². The van der Waals surface area contributed by atoms with Crippen LogP contribution in [0.1, 0.15) is 40.7 Å². The lowest BCUT2D eigenvalue weighted by atomic mass is 10.1. The predicted molar refractivity (Wildman–Crippen MR) is 83.0 cm³/mol. The van der Waals surface area contributed by atoms with E-state index in [1.807, 2.05) is 0 Å². The number of aryl methyl sites for hydroxylation is 1. The molecule has 0 unspecified atom stereocenters. The van der Waals surface area contributed by atoms with Gasteiger partial charge in [-0.25, -0.2) is 15.0 Å². The second kappa shape index (κ2) is 6.62. The molecule has 3 N–H and O–H groups in total. The van der Waals surface area contributed by atoms with Crippen molar-refractivity contribution in [1.82, 2.24) is 20.3 Å². The Morgan fingerprint density at radius 3 is 2.86 bits per heavy atom. The quantitative estimate of drug-likeness (QED) is 0.880. The monoisotopic (exact) mass is 305 g/mol. The molecule has 0 atom stereocenters. The first-order valence-electron chi connectivity index (χ1n) is 6.76. The standard InChI is InChI=1S/C14H19N5OS/c1-8(2)4-12-19-11(7-21-12)14(20)17-6-10-5-16-9(3)18-13(10)15/h5,7-8H,4,6H2,1-3H3,(H,17,20)(H2,15,16,18). The Hall–Kier alpha value is -2.02. The minimum absolute atomic E-state index is 0.207. The highest BCUT2D eigenvalue weighted by molar-refractivity contribution is 7.09. The van der Waals surface area contributed by atoms with E-state index in [1.165, 1.54) is 11.3 Å². The van der Waals surface area contributed by atoms with Crippen molar-refractivity contribution in [3.63, 3.8) is 0 Å². The van der Waals surface area contributed by atoms with E-state index in [2.05, 4.69) is 34.1 Å². The molecule has 1 amide bonds. The van der Waals surface area contributed by atoms with E-state index in [0.29, 0.717) is 35.4 Å². The maximum Gasteiger partial charge on any atom is 0.271 e. The highest BCUT2D eigenvalue weighted by atomic mass is 32.1. The molecule has 2 heterocycles. The summed E-state index contributed by atoms with van der Waals surface area (Å²) in [5, 5.41) is 5.55. The minimum Gasteiger partial charge on any atom is -0.383 e. The SMILES string of the molecule is Cc1ncc(CNC(=O)c2csc(CC(C)C)n2)c(N)n1. The second-order valence-corrected chi connectivity index (χ2v) is 6.18. The summed E-state index contributed by atoms with van der Waals surface area (Å²) in [6.45, 7) is 6.31. The van der Waals surface area contributed by atoms with Crippen LogP contribution in [-0.2, 0) is 13.0 Å². The van der Waals surface area contributed by atoms with Crippen molar-refractivity contribution in [2.45, 2.75) is 33.7 Å². The molecule has 0 saturated heterocycles. The molecule has 0 aliphatic rings. The average Bonchev–Trinajstić information content (AvgIpc) is 2.85. The van der Waals surface area contributed by atoms with Gasteiger partial charge in [-0.05, 0) is 12.8 Å². The van der Waals surface area contributed by atoms with Gasteiger partial charge in [0.2, 0.25) is 0 Å². The number of carbonyl (C=O) groups is 1. The Labute approximate surface area is 127 Å². The Morgan fingerprint density at radius 1 is 1.43 bits per heavy atom. The van der Waals surface area contributed by atoms with Crippen LogP contribution in [0.4, 0.5) is 5.82 Å². The van der Waals surface area contributed by atoms with Crippen molar-refractivity contribution in [1.29, 1.82) is 0 Å². The van der Waals surface area contributed by atoms with Crippen molar-refractivity contribution in [3.8, 4) is 0 Å². The summed E-state index contributed by atoms with van der Waals surface area (Å²) >= 11 is 1.51. The highest BCUT2D eigenvalue weighted by Gasteiger charge is 2.12. The molecule has 2 aromatic rings. The first-order chi connectivity index (χ1) is 9.95. The third kappa shape index (κ3) is 4.22. The van der Waals surface area contributed by atoms with E-state index in [9.17, 15) is 4.79 Å². The second-order valence-electron chi connectivity index (χ2n) is 5.23. The van der Waals surface area contributed by atoms with Crippen LogP contribution in [0.2, 0.25) is 0 Å². The molecule has 0 bridgehead atoms. The number of hydrogen-bond acceptors (Lipinski definition) is 6. The van der Waals surface area contributed by atoms with Crippen LogP contribution in [0.5, 0.6) is 0 Å². The zero-order valence-corrected chi connectivity index (χ0v) is 13.2. The molecule has 7 heteroatoms. The average molecular weight is 305 g/mol. The number of nitrogens with one attached hydrogen (secondary N) is 1. The number of rotatable bonds is 5. The number of carbonyl (C=O) groups excluding carboxylic acids is 1. The first-order valence-corrected chi connectivity index (χ1v) is 7.64. The molecular formula is C14H19N5OS. The first kappa shape index (κ1) is 15.4. The van der Waals surface area contributed by atoms with Crippen molar-refractivity contribution in [3.05, 3.63) is 33.7 Å². The molecule has 0 spiro atoms. The van der Waals surface area contributed by atoms with Crippen molar-refractivity contribution in [2.75, 3.05) is 5.73 Å². The molecule has 0 fully saturated rings. The number of amides is 1. The molecular weight excluding hydrogens is 286 g/mol. The van der Waals surface area contributed by atoms with E-state index in [0.717, 1.165) is 11.4 Å². The van der Waals surface area contributed by atoms with E-state index in [-0.39, 0.29) is 5.91 Å². The van der Waals surface area contributed by atoms with Gasteiger partial charge in [0.1, 0.15) is 17.3 Å². The molecule has 0 aromatic carbocycles. The van der Waals surface area contributed by atoms with Crippen LogP contribution in [0, 0.1) is 12.8 Å². The lowest BCUT2D eigenvalue weighted by Gasteiger charge is -2.06. The number of anilines is 1. The third-order valence-electron chi connectivity index (χ3n) is 2.83. The Balaban J connectivity index is 1.96. The van der Waals surface area contributed by atoms with Crippen molar-refractivity contribution >= 4 is 23.1 Å². The van der Waals surface area contributed by atoms with Crippen LogP contribution >= 0.6 is 11.3 Å². The van der Waals surface area contributed by atoms with Gasteiger partial charge in [-0.2, -0.15) is 0 Å². The Morgan fingerprint density at radius 2 is 2.19 bits per heavy atom. The maximum absolute atomic E-state index is 12.0. The fraction of sp³-hybridized carbons (Fsp3) is 0.429. The molecule has 112 valence electrons. The molecule has 0 aliphatic carbocycles. The number of nitrogen functional groups attached to an aromatic ring is 1. The summed E-state index contributed by atoms with van der Waals surface area (Å²) < 4.78 is 0. The van der Waals surface area contributed by atoms with Gasteiger partial charge in [0, 0.05) is 30.1 Å². The Kier molecular flexibility index (Phi) is 4.85. The third-order valence-corrected chi connectivity index (χ3v) is 3.70. The van der Waals surface area contributed by atoms with E-state index < -0.39 is 0 Å². The fourth-order valence-electron chi connectivity index (χ4n) is 1.77. The molecule has 21 heavy (non-hydrogen) atoms. The zero-order valence-electron chi connectivity index (χ0n) is 12.4. The number of aromatic nitrogens is 3. The fourth-order valence-corrected chi connectivity index (χ4v) is 2.76. The summed E-state index contributed by atoms with van der Waals surface area (Å²) in [5.41, 5.74) is 6.94. The van der Waals surface area contributed by atoms with Crippen molar-refractivity contribution < 1.29 is 4.79 Å². The topological polar surface area (TPSA) is 93.8 Å². The predicted octanol–water partition coefficient (Wildman–Crippen LogP) is 1.95. The van der Waals surface area contributed by atoms with Gasteiger partial charge in [-0.1, -0.05) is 13.8 Å². The highest BCUT2D eigenvalue weighted by Crippen LogP contribution is 2.14. The molecule has 6 nitrogen and oxygen atoms in total. The molecule has 0 saturated carbocycles. The smallest absolute Gasteiger partial charge is 0.271 e. The van der Waals surface area contributed by atoms with Gasteiger partial charge in [-0.3, -0.25) is 4.79 Å². The van der Waals surface area contributed by atoms with Crippen LogP contribution in [0.15, 0.2) is 11.6 Å². The number of nitrogens with two attached hydrogens (primary N) is 1. The largest absolute Gasteiger partial charge is 0.383 e. The number of nitrogens with zero attached hydrogens (tertiary/aromatic N) is 3. The summed E-state index contributed by atoms with van der Waals surface area (Å²) in [5.74, 6) is 1.32. The zero-order chi connectivity index (χ0) is 15.4. The molecule has 2 rings (SSSR count). The molecule has 0 radical (unpaired) electrons. The summed E-state index contributed by atoms with van der Waals surface area (Å²) in [6, 6.07) is 0. The van der Waals surface area contributed by atoms with Gasteiger partial charge in [0.15, 0.2) is 0 Å². The van der Waals surface area contributed by atoms with Crippen LogP contribution in [0.3, 0.4) is 0 Å². The lowest BCUT2D eigenvalue weighted by Crippen LogP contribution is -2.24. The van der Waals surface area contributed by atoms with E-state index in [4.69, 9.17) is 5.73 Å². The van der Waals surface area contributed by atoms with E-state index >= 15 is 0 Å². The van der Waals surface area contributed by atoms with E-state index in [1.54, 1.807) is 18.5 Å². The molecule has 0 aliphatic heterocycles. The Bertz CT molecular complexity index is 638.